The minimum absolute atomic E-state index is 0.0401. The Labute approximate surface area is 136 Å². The van der Waals surface area contributed by atoms with E-state index in [1.807, 2.05) is 5.32 Å². The molecule has 2 rings (SSSR count). The van der Waals surface area contributed by atoms with Crippen LogP contribution in [-0.4, -0.2) is 36.0 Å². The van der Waals surface area contributed by atoms with Crippen LogP contribution in [0.1, 0.15) is 10.4 Å². The number of hydrogen-bond donors (Lipinski definition) is 3. The lowest BCUT2D eigenvalue weighted by Crippen LogP contribution is -2.41. The summed E-state index contributed by atoms with van der Waals surface area (Å²) in [5.74, 6) is -1.63. The molecule has 8 nitrogen and oxygen atoms in total. The van der Waals surface area contributed by atoms with Crippen LogP contribution in [0.5, 0.6) is 0 Å². The van der Waals surface area contributed by atoms with Gasteiger partial charge in [-0.2, -0.15) is 0 Å². The number of nitrogens with one attached hydrogen (secondary N) is 3. The molecule has 0 radical (unpaired) electrons. The van der Waals surface area contributed by atoms with Crippen molar-refractivity contribution in [2.24, 2.45) is 0 Å². The molecule has 1 heterocycles. The van der Waals surface area contributed by atoms with Crippen molar-refractivity contribution in [2.75, 3.05) is 13.2 Å². The van der Waals surface area contributed by atoms with Gasteiger partial charge in [0.2, 0.25) is 5.56 Å². The van der Waals surface area contributed by atoms with Gasteiger partial charge in [-0.25, -0.2) is 9.59 Å². The fourth-order valence-electron chi connectivity index (χ4n) is 1.95. The second-order valence-electron chi connectivity index (χ2n) is 4.72. The Kier molecular flexibility index (Phi) is 5.45. The lowest BCUT2D eigenvalue weighted by Gasteiger charge is -2.08. The van der Waals surface area contributed by atoms with Gasteiger partial charge in [0.15, 0.2) is 6.61 Å². The highest BCUT2D eigenvalue weighted by Gasteiger charge is 2.15. The molecule has 1 aromatic heterocycles. The molecule has 0 fully saturated rings. The standard InChI is InChI=1S/C16H15N3O5/c1-2-7-17-16(23)19-14(21)9-24-15(22)11-8-13(20)18-12-6-4-3-5-10(11)12/h2-6,8H,1,7,9H2,(H,18,20)(H2,17,19,21,23). The number of carbonyl (C=O) groups excluding carboxylic acids is 3. The fraction of sp³-hybridized carbons (Fsp3) is 0.125. The summed E-state index contributed by atoms with van der Waals surface area (Å²) in [6.07, 6.45) is 1.45. The van der Waals surface area contributed by atoms with E-state index in [0.29, 0.717) is 10.9 Å². The van der Waals surface area contributed by atoms with Crippen LogP contribution in [0.25, 0.3) is 10.9 Å². The number of imide groups is 1. The van der Waals surface area contributed by atoms with Gasteiger partial charge >= 0.3 is 12.0 Å². The van der Waals surface area contributed by atoms with Crippen molar-refractivity contribution >= 4 is 28.8 Å². The number of H-pyrrole nitrogens is 1. The number of fused-ring (bicyclic) bond motifs is 1. The number of benzene rings is 1. The topological polar surface area (TPSA) is 117 Å². The molecule has 3 amide bonds. The van der Waals surface area contributed by atoms with E-state index in [0.717, 1.165) is 6.07 Å². The van der Waals surface area contributed by atoms with Gasteiger partial charge in [-0.05, 0) is 6.07 Å². The first kappa shape index (κ1) is 16.9. The fourth-order valence-corrected chi connectivity index (χ4v) is 1.95. The van der Waals surface area contributed by atoms with E-state index >= 15 is 0 Å². The molecule has 0 saturated heterocycles. The second kappa shape index (κ2) is 7.73. The lowest BCUT2D eigenvalue weighted by molar-refractivity contribution is -0.123. The molecule has 3 N–H and O–H groups in total. The summed E-state index contributed by atoms with van der Waals surface area (Å²) in [4.78, 5) is 49.1. The average molecular weight is 329 g/mol. The van der Waals surface area contributed by atoms with Crippen LogP contribution < -0.4 is 16.2 Å². The van der Waals surface area contributed by atoms with Crippen LogP contribution in [0.4, 0.5) is 4.79 Å². The van der Waals surface area contributed by atoms with E-state index in [1.165, 1.54) is 6.08 Å². The van der Waals surface area contributed by atoms with Crippen molar-refractivity contribution in [3.8, 4) is 0 Å². The molecule has 0 unspecified atom stereocenters. The van der Waals surface area contributed by atoms with Gasteiger partial charge in [-0.3, -0.25) is 14.9 Å². The number of ether oxygens (including phenoxy) is 1. The number of pyridine rings is 1. The van der Waals surface area contributed by atoms with Gasteiger partial charge in [0.25, 0.3) is 5.91 Å². The predicted octanol–water partition coefficient (Wildman–Crippen LogP) is 0.697. The van der Waals surface area contributed by atoms with Crippen LogP contribution >= 0.6 is 0 Å². The molecule has 0 aliphatic carbocycles. The maximum absolute atomic E-state index is 12.1. The Morgan fingerprint density at radius 3 is 2.75 bits per heavy atom. The van der Waals surface area contributed by atoms with Crippen molar-refractivity contribution in [1.82, 2.24) is 15.6 Å². The first-order valence-corrected chi connectivity index (χ1v) is 6.99. The van der Waals surface area contributed by atoms with Gasteiger partial charge in [-0.1, -0.05) is 24.3 Å². The van der Waals surface area contributed by atoms with Crippen molar-refractivity contribution in [3.63, 3.8) is 0 Å². The predicted molar refractivity (Wildman–Crippen MR) is 86.6 cm³/mol. The zero-order chi connectivity index (χ0) is 17.5. The summed E-state index contributed by atoms with van der Waals surface area (Å²) in [5.41, 5.74) is 0.0531. The molecule has 0 aliphatic rings. The number of para-hydroxylation sites is 1. The average Bonchev–Trinajstić information content (AvgIpc) is 2.57. The Morgan fingerprint density at radius 1 is 1.25 bits per heavy atom. The molecule has 8 heteroatoms. The summed E-state index contributed by atoms with van der Waals surface area (Å²) in [5, 5.41) is 4.82. The van der Waals surface area contributed by atoms with Gasteiger partial charge < -0.3 is 15.0 Å². The number of hydrogen-bond acceptors (Lipinski definition) is 5. The zero-order valence-corrected chi connectivity index (χ0v) is 12.6. The highest BCUT2D eigenvalue weighted by Crippen LogP contribution is 2.15. The maximum atomic E-state index is 12.1. The summed E-state index contributed by atoms with van der Waals surface area (Å²) < 4.78 is 4.85. The second-order valence-corrected chi connectivity index (χ2v) is 4.72. The molecule has 0 bridgehead atoms. The zero-order valence-electron chi connectivity index (χ0n) is 12.6. The van der Waals surface area contributed by atoms with Crippen molar-refractivity contribution in [3.05, 3.63) is 58.9 Å². The number of amides is 3. The molecule has 24 heavy (non-hydrogen) atoms. The summed E-state index contributed by atoms with van der Waals surface area (Å²) in [7, 11) is 0. The Hall–Kier alpha value is -3.42. The number of urea groups is 1. The van der Waals surface area contributed by atoms with Crippen LogP contribution in [0, 0.1) is 0 Å². The number of esters is 1. The van der Waals surface area contributed by atoms with Gasteiger partial charge in [-0.15, -0.1) is 6.58 Å². The summed E-state index contributed by atoms with van der Waals surface area (Å²) in [6, 6.07) is 7.07. The van der Waals surface area contributed by atoms with Gasteiger partial charge in [0.05, 0.1) is 5.56 Å². The largest absolute Gasteiger partial charge is 0.452 e. The smallest absolute Gasteiger partial charge is 0.339 e. The summed E-state index contributed by atoms with van der Waals surface area (Å²) in [6.45, 7) is 2.95. The highest BCUT2D eigenvalue weighted by atomic mass is 16.5. The quantitative estimate of drug-likeness (QED) is 0.551. The molecule has 0 aliphatic heterocycles. The van der Waals surface area contributed by atoms with Crippen molar-refractivity contribution in [1.29, 1.82) is 0 Å². The van der Waals surface area contributed by atoms with Gasteiger partial charge in [0.1, 0.15) is 0 Å². The maximum Gasteiger partial charge on any atom is 0.339 e. The molecule has 124 valence electrons. The van der Waals surface area contributed by atoms with E-state index < -0.39 is 30.1 Å². The van der Waals surface area contributed by atoms with E-state index in [4.69, 9.17) is 4.74 Å². The van der Waals surface area contributed by atoms with Crippen LogP contribution in [0.3, 0.4) is 0 Å². The normalized spacial score (nSPS) is 10.0. The van der Waals surface area contributed by atoms with Crippen LogP contribution in [-0.2, 0) is 9.53 Å². The van der Waals surface area contributed by atoms with Crippen LogP contribution in [0.2, 0.25) is 0 Å². The Balaban J connectivity index is 2.03. The lowest BCUT2D eigenvalue weighted by atomic mass is 10.1. The first-order valence-electron chi connectivity index (χ1n) is 6.99. The SMILES string of the molecule is C=CCNC(=O)NC(=O)COC(=O)c1cc(=O)[nH]c2ccccc12. The van der Waals surface area contributed by atoms with Crippen molar-refractivity contribution in [2.45, 2.75) is 0 Å². The van der Waals surface area contributed by atoms with E-state index in [9.17, 15) is 19.2 Å². The molecule has 0 atom stereocenters. The molecule has 0 spiro atoms. The van der Waals surface area contributed by atoms with Crippen LogP contribution in [0.15, 0.2) is 47.8 Å². The third kappa shape index (κ3) is 4.29. The van der Waals surface area contributed by atoms with Gasteiger partial charge in [0, 0.05) is 23.5 Å². The number of rotatable bonds is 5. The Morgan fingerprint density at radius 2 is 2.00 bits per heavy atom. The van der Waals surface area contributed by atoms with E-state index in [1.54, 1.807) is 24.3 Å². The molecular formula is C16H15N3O5. The minimum atomic E-state index is -0.834. The third-order valence-electron chi connectivity index (χ3n) is 2.96. The number of aromatic amines is 1. The molecule has 2 aromatic rings. The highest BCUT2D eigenvalue weighted by molar-refractivity contribution is 6.04. The third-order valence-corrected chi connectivity index (χ3v) is 2.96. The number of aromatic nitrogens is 1. The van der Waals surface area contributed by atoms with E-state index in [2.05, 4.69) is 16.9 Å². The Bertz CT molecular complexity index is 856. The van der Waals surface area contributed by atoms with E-state index in [-0.39, 0.29) is 12.1 Å². The number of carbonyl (C=O) groups is 3. The molecular weight excluding hydrogens is 314 g/mol. The molecule has 1 aromatic carbocycles. The monoisotopic (exact) mass is 329 g/mol. The minimum Gasteiger partial charge on any atom is -0.452 e. The molecule has 0 saturated carbocycles. The first-order chi connectivity index (χ1) is 11.5. The van der Waals surface area contributed by atoms with Crippen molar-refractivity contribution < 1.29 is 19.1 Å². The summed E-state index contributed by atoms with van der Waals surface area (Å²) >= 11 is 0.